The van der Waals surface area contributed by atoms with Gasteiger partial charge in [0.2, 0.25) is 5.91 Å². The molecule has 0 spiro atoms. The summed E-state index contributed by atoms with van der Waals surface area (Å²) in [6.45, 7) is 1.68. The number of halogens is 1. The minimum absolute atomic E-state index is 0.144. The second-order valence-electron chi connectivity index (χ2n) is 4.99. The number of aromatic nitrogens is 2. The molecular formula is C14H12FN3O3. The second-order valence-corrected chi connectivity index (χ2v) is 4.99. The highest BCUT2D eigenvalue weighted by molar-refractivity contribution is 5.99. The lowest BCUT2D eigenvalue weighted by atomic mass is 10.1. The molecule has 3 rings (SSSR count). The fourth-order valence-corrected chi connectivity index (χ4v) is 2.52. The van der Waals surface area contributed by atoms with Crippen LogP contribution in [0.5, 0.6) is 0 Å². The molecule has 1 aromatic carbocycles. The van der Waals surface area contributed by atoms with Gasteiger partial charge in [-0.2, -0.15) is 5.10 Å². The highest BCUT2D eigenvalue weighted by Crippen LogP contribution is 2.19. The summed E-state index contributed by atoms with van der Waals surface area (Å²) in [5, 5.41) is 7.04. The Morgan fingerprint density at radius 3 is 2.76 bits per heavy atom. The number of benzene rings is 1. The summed E-state index contributed by atoms with van der Waals surface area (Å²) in [6, 6.07) is 3.03. The van der Waals surface area contributed by atoms with Crippen LogP contribution >= 0.6 is 0 Å². The van der Waals surface area contributed by atoms with Gasteiger partial charge in [0, 0.05) is 11.8 Å². The number of carbonyl (C=O) groups excluding carboxylic acids is 2. The van der Waals surface area contributed by atoms with Crippen molar-refractivity contribution in [1.29, 1.82) is 0 Å². The van der Waals surface area contributed by atoms with Crippen LogP contribution in [0.15, 0.2) is 23.0 Å². The molecule has 1 fully saturated rings. The van der Waals surface area contributed by atoms with Crippen LogP contribution in [0.1, 0.15) is 24.6 Å². The summed E-state index contributed by atoms with van der Waals surface area (Å²) in [7, 11) is 0. The standard InChI is InChI=1S/C14H12FN3O3/c1-7-9-3-2-8(15)6-10(9)14(21)18(17-7)11-4-5-12(19)16-13(11)20/h2-3,6,11H,4-5H2,1H3,(H,16,19,20). The normalized spacial score (nSPS) is 18.9. The van der Waals surface area contributed by atoms with Gasteiger partial charge < -0.3 is 0 Å². The largest absolute Gasteiger partial charge is 0.295 e. The third-order valence-corrected chi connectivity index (χ3v) is 3.57. The van der Waals surface area contributed by atoms with Crippen LogP contribution in [0, 0.1) is 12.7 Å². The van der Waals surface area contributed by atoms with Crippen molar-refractivity contribution < 1.29 is 14.0 Å². The number of rotatable bonds is 1. The first-order chi connectivity index (χ1) is 9.97. The molecule has 2 heterocycles. The number of piperidine rings is 1. The number of imide groups is 1. The number of nitrogens with zero attached hydrogens (tertiary/aromatic N) is 2. The molecule has 108 valence electrons. The number of nitrogens with one attached hydrogen (secondary N) is 1. The first-order valence-corrected chi connectivity index (χ1v) is 6.50. The average molecular weight is 289 g/mol. The van der Waals surface area contributed by atoms with E-state index in [-0.39, 0.29) is 24.1 Å². The van der Waals surface area contributed by atoms with Gasteiger partial charge in [0.05, 0.1) is 11.1 Å². The van der Waals surface area contributed by atoms with Crippen LogP contribution in [-0.2, 0) is 9.59 Å². The molecule has 0 saturated carbocycles. The van der Waals surface area contributed by atoms with Gasteiger partial charge in [0.15, 0.2) is 0 Å². The average Bonchev–Trinajstić information content (AvgIpc) is 2.43. The maximum Gasteiger partial charge on any atom is 0.275 e. The van der Waals surface area contributed by atoms with E-state index in [1.165, 1.54) is 12.1 Å². The van der Waals surface area contributed by atoms with Crippen molar-refractivity contribution in [2.24, 2.45) is 0 Å². The Balaban J connectivity index is 2.20. The summed E-state index contributed by atoms with van der Waals surface area (Å²) in [5.74, 6) is -1.45. The molecule has 1 atom stereocenters. The Bertz CT molecular complexity index is 828. The topological polar surface area (TPSA) is 81.1 Å². The number of amides is 2. The fraction of sp³-hybridized carbons (Fsp3) is 0.286. The first kappa shape index (κ1) is 13.4. The van der Waals surface area contributed by atoms with Crippen LogP contribution in [0.3, 0.4) is 0 Å². The fourth-order valence-electron chi connectivity index (χ4n) is 2.52. The number of hydrogen-bond donors (Lipinski definition) is 1. The Morgan fingerprint density at radius 1 is 1.29 bits per heavy atom. The van der Waals surface area contributed by atoms with Crippen LogP contribution in [-0.4, -0.2) is 21.6 Å². The van der Waals surface area contributed by atoms with Crippen LogP contribution in [0.4, 0.5) is 4.39 Å². The predicted molar refractivity (Wildman–Crippen MR) is 72.1 cm³/mol. The molecule has 6 nitrogen and oxygen atoms in total. The third kappa shape index (κ3) is 2.20. The van der Waals surface area contributed by atoms with Crippen molar-refractivity contribution in [2.75, 3.05) is 0 Å². The van der Waals surface area contributed by atoms with Crippen molar-refractivity contribution in [3.63, 3.8) is 0 Å². The second kappa shape index (κ2) is 4.76. The number of carbonyl (C=O) groups is 2. The van der Waals surface area contributed by atoms with E-state index in [4.69, 9.17) is 0 Å². The molecule has 2 amide bonds. The number of fused-ring (bicyclic) bond motifs is 1. The van der Waals surface area contributed by atoms with Gasteiger partial charge in [-0.3, -0.25) is 19.7 Å². The lowest BCUT2D eigenvalue weighted by Gasteiger charge is -2.22. The molecule has 1 aliphatic rings. The van der Waals surface area contributed by atoms with E-state index in [0.29, 0.717) is 11.1 Å². The summed E-state index contributed by atoms with van der Waals surface area (Å²) >= 11 is 0. The molecule has 21 heavy (non-hydrogen) atoms. The zero-order chi connectivity index (χ0) is 15.1. The molecule has 1 N–H and O–H groups in total. The lowest BCUT2D eigenvalue weighted by Crippen LogP contribution is -2.45. The van der Waals surface area contributed by atoms with Gasteiger partial charge in [-0.05, 0) is 31.5 Å². The van der Waals surface area contributed by atoms with E-state index in [9.17, 15) is 18.8 Å². The summed E-state index contributed by atoms with van der Waals surface area (Å²) < 4.78 is 14.4. The van der Waals surface area contributed by atoms with Crippen LogP contribution < -0.4 is 10.9 Å². The molecule has 2 aromatic rings. The zero-order valence-corrected chi connectivity index (χ0v) is 11.2. The van der Waals surface area contributed by atoms with Crippen molar-refractivity contribution in [3.05, 3.63) is 40.1 Å². The SMILES string of the molecule is Cc1nn(C2CCC(=O)NC2=O)c(=O)c2cc(F)ccc12. The molecule has 7 heteroatoms. The number of hydrogen-bond acceptors (Lipinski definition) is 4. The third-order valence-electron chi connectivity index (χ3n) is 3.57. The van der Waals surface area contributed by atoms with Crippen molar-refractivity contribution in [1.82, 2.24) is 15.1 Å². The molecule has 0 aliphatic carbocycles. The van der Waals surface area contributed by atoms with Gasteiger partial charge in [0.1, 0.15) is 11.9 Å². The molecular weight excluding hydrogens is 277 g/mol. The van der Waals surface area contributed by atoms with E-state index in [1.807, 2.05) is 0 Å². The Morgan fingerprint density at radius 2 is 2.05 bits per heavy atom. The minimum Gasteiger partial charge on any atom is -0.295 e. The smallest absolute Gasteiger partial charge is 0.275 e. The Labute approximate surface area is 118 Å². The maximum absolute atomic E-state index is 13.4. The predicted octanol–water partition coefficient (Wildman–Crippen LogP) is 0.822. The van der Waals surface area contributed by atoms with E-state index in [2.05, 4.69) is 10.4 Å². The van der Waals surface area contributed by atoms with Crippen molar-refractivity contribution in [2.45, 2.75) is 25.8 Å². The van der Waals surface area contributed by atoms with Gasteiger partial charge in [-0.1, -0.05) is 0 Å². The van der Waals surface area contributed by atoms with Crippen molar-refractivity contribution >= 4 is 22.6 Å². The minimum atomic E-state index is -0.846. The van der Waals surface area contributed by atoms with E-state index < -0.39 is 23.3 Å². The molecule has 1 unspecified atom stereocenters. The van der Waals surface area contributed by atoms with Gasteiger partial charge in [-0.15, -0.1) is 0 Å². The van der Waals surface area contributed by atoms with Gasteiger partial charge in [0.25, 0.3) is 11.5 Å². The van der Waals surface area contributed by atoms with Gasteiger partial charge in [-0.25, -0.2) is 9.07 Å². The highest BCUT2D eigenvalue weighted by atomic mass is 19.1. The molecule has 0 bridgehead atoms. The van der Waals surface area contributed by atoms with Gasteiger partial charge >= 0.3 is 0 Å². The lowest BCUT2D eigenvalue weighted by molar-refractivity contribution is -0.136. The van der Waals surface area contributed by atoms with Crippen LogP contribution in [0.2, 0.25) is 0 Å². The molecule has 1 aromatic heterocycles. The van der Waals surface area contributed by atoms with E-state index in [1.54, 1.807) is 6.92 Å². The summed E-state index contributed by atoms with van der Waals surface area (Å²) in [4.78, 5) is 35.5. The number of aryl methyl sites for hydroxylation is 1. The monoisotopic (exact) mass is 289 g/mol. The molecule has 1 aliphatic heterocycles. The van der Waals surface area contributed by atoms with Crippen molar-refractivity contribution in [3.8, 4) is 0 Å². The first-order valence-electron chi connectivity index (χ1n) is 6.50. The van der Waals surface area contributed by atoms with E-state index >= 15 is 0 Å². The Hall–Kier alpha value is -2.57. The maximum atomic E-state index is 13.4. The summed E-state index contributed by atoms with van der Waals surface area (Å²) in [6.07, 6.45) is 0.350. The highest BCUT2D eigenvalue weighted by Gasteiger charge is 2.30. The Kier molecular flexibility index (Phi) is 3.04. The van der Waals surface area contributed by atoms with E-state index in [0.717, 1.165) is 10.7 Å². The zero-order valence-electron chi connectivity index (χ0n) is 11.2. The quantitative estimate of drug-likeness (QED) is 0.788. The molecule has 0 radical (unpaired) electrons. The molecule has 1 saturated heterocycles. The van der Waals surface area contributed by atoms with Crippen LogP contribution in [0.25, 0.3) is 10.8 Å². The summed E-state index contributed by atoms with van der Waals surface area (Å²) in [5.41, 5.74) is -0.0149.